The van der Waals surface area contributed by atoms with Crippen LogP contribution in [0.15, 0.2) is 63.0 Å². The quantitative estimate of drug-likeness (QED) is 0.360. The molecule has 7 heteroatoms. The first-order valence-electron chi connectivity index (χ1n) is 8.37. The molecule has 0 saturated heterocycles. The van der Waals surface area contributed by atoms with Crippen LogP contribution in [0, 0.1) is 13.8 Å². The molecule has 0 aliphatic rings. The van der Waals surface area contributed by atoms with Crippen LogP contribution in [0.2, 0.25) is 5.02 Å². The molecule has 2 aromatic carbocycles. The van der Waals surface area contributed by atoms with Crippen LogP contribution in [0.3, 0.4) is 0 Å². The fraction of sp³-hybridized carbons (Fsp3) is 0.150. The minimum Gasteiger partial charge on any atom is -0.361 e. The first kappa shape index (κ1) is 17.8. The molecular formula is C20H16ClN3O2S. The predicted molar refractivity (Wildman–Crippen MR) is 108 cm³/mol. The average molecular weight is 398 g/mol. The molecule has 5 nitrogen and oxygen atoms in total. The molecule has 0 radical (unpaired) electrons. The van der Waals surface area contributed by atoms with E-state index in [9.17, 15) is 4.79 Å². The second kappa shape index (κ2) is 7.21. The number of thioether (sulfide) groups is 1. The van der Waals surface area contributed by atoms with Crippen molar-refractivity contribution in [3.8, 4) is 5.69 Å². The monoisotopic (exact) mass is 397 g/mol. The van der Waals surface area contributed by atoms with E-state index in [0.717, 1.165) is 22.7 Å². The first-order chi connectivity index (χ1) is 13.0. The predicted octanol–water partition coefficient (Wildman–Crippen LogP) is 4.94. The van der Waals surface area contributed by atoms with E-state index in [4.69, 9.17) is 21.1 Å². The highest BCUT2D eigenvalue weighted by atomic mass is 35.5. The van der Waals surface area contributed by atoms with Gasteiger partial charge in [0.1, 0.15) is 5.76 Å². The summed E-state index contributed by atoms with van der Waals surface area (Å²) in [4.78, 5) is 18.0. The Hall–Kier alpha value is -2.57. The molecule has 27 heavy (non-hydrogen) atoms. The smallest absolute Gasteiger partial charge is 0.266 e. The van der Waals surface area contributed by atoms with Crippen molar-refractivity contribution in [2.45, 2.75) is 24.8 Å². The largest absolute Gasteiger partial charge is 0.361 e. The van der Waals surface area contributed by atoms with E-state index in [0.29, 0.717) is 26.8 Å². The third kappa shape index (κ3) is 3.38. The van der Waals surface area contributed by atoms with Crippen molar-refractivity contribution in [3.63, 3.8) is 0 Å². The van der Waals surface area contributed by atoms with Gasteiger partial charge in [-0.2, -0.15) is 0 Å². The lowest BCUT2D eigenvalue weighted by molar-refractivity contribution is 0.393. The van der Waals surface area contributed by atoms with Crippen LogP contribution in [-0.2, 0) is 5.75 Å². The maximum absolute atomic E-state index is 13.3. The summed E-state index contributed by atoms with van der Waals surface area (Å²) in [6.07, 6.45) is 0. The Morgan fingerprint density at radius 2 is 1.96 bits per heavy atom. The molecule has 0 saturated carbocycles. The van der Waals surface area contributed by atoms with Gasteiger partial charge in [0, 0.05) is 16.8 Å². The van der Waals surface area contributed by atoms with Crippen molar-refractivity contribution >= 4 is 34.3 Å². The third-order valence-corrected chi connectivity index (χ3v) is 5.63. The van der Waals surface area contributed by atoms with E-state index < -0.39 is 0 Å². The first-order valence-corrected chi connectivity index (χ1v) is 9.73. The van der Waals surface area contributed by atoms with Gasteiger partial charge in [0.25, 0.3) is 5.56 Å². The van der Waals surface area contributed by atoms with Crippen LogP contribution in [-0.4, -0.2) is 14.7 Å². The lowest BCUT2D eigenvalue weighted by Crippen LogP contribution is -2.22. The number of para-hydroxylation sites is 1. The lowest BCUT2D eigenvalue weighted by atomic mass is 10.2. The zero-order valence-corrected chi connectivity index (χ0v) is 16.3. The van der Waals surface area contributed by atoms with Crippen LogP contribution in [0.25, 0.3) is 16.6 Å². The number of aryl methyl sites for hydroxylation is 1. The van der Waals surface area contributed by atoms with Gasteiger partial charge in [-0.25, -0.2) is 4.98 Å². The summed E-state index contributed by atoms with van der Waals surface area (Å²) in [6.45, 7) is 3.75. The third-order valence-electron chi connectivity index (χ3n) is 4.25. The Morgan fingerprint density at radius 3 is 2.74 bits per heavy atom. The summed E-state index contributed by atoms with van der Waals surface area (Å²) in [7, 11) is 0. The van der Waals surface area contributed by atoms with E-state index in [2.05, 4.69) is 5.16 Å². The Kier molecular flexibility index (Phi) is 4.76. The molecule has 0 atom stereocenters. The number of aromatic nitrogens is 3. The van der Waals surface area contributed by atoms with Crippen LogP contribution in [0.1, 0.15) is 17.0 Å². The molecule has 0 amide bonds. The zero-order chi connectivity index (χ0) is 19.0. The summed E-state index contributed by atoms with van der Waals surface area (Å²) in [6, 6.07) is 14.7. The number of hydrogen-bond acceptors (Lipinski definition) is 5. The number of nitrogens with zero attached hydrogens (tertiary/aromatic N) is 3. The second-order valence-electron chi connectivity index (χ2n) is 6.15. The fourth-order valence-corrected chi connectivity index (χ4v) is 3.94. The number of hydrogen-bond donors (Lipinski definition) is 0. The number of halogens is 1. The van der Waals surface area contributed by atoms with Gasteiger partial charge in [-0.15, -0.1) is 0 Å². The molecule has 4 aromatic rings. The molecule has 2 heterocycles. The van der Waals surface area contributed by atoms with Gasteiger partial charge in [0.15, 0.2) is 5.16 Å². The van der Waals surface area contributed by atoms with Crippen LogP contribution in [0.4, 0.5) is 0 Å². The van der Waals surface area contributed by atoms with Crippen molar-refractivity contribution in [3.05, 3.63) is 80.9 Å². The maximum Gasteiger partial charge on any atom is 0.266 e. The Morgan fingerprint density at radius 1 is 1.15 bits per heavy atom. The van der Waals surface area contributed by atoms with Crippen molar-refractivity contribution in [2.75, 3.05) is 0 Å². The van der Waals surface area contributed by atoms with E-state index in [1.807, 2.05) is 56.3 Å². The van der Waals surface area contributed by atoms with Gasteiger partial charge < -0.3 is 4.52 Å². The molecule has 136 valence electrons. The fourth-order valence-electron chi connectivity index (χ4n) is 2.88. The molecule has 0 aliphatic carbocycles. The van der Waals surface area contributed by atoms with E-state index in [1.54, 1.807) is 10.6 Å². The molecule has 0 aliphatic heterocycles. The van der Waals surface area contributed by atoms with Gasteiger partial charge in [0.05, 0.1) is 22.3 Å². The number of fused-ring (bicyclic) bond motifs is 1. The molecule has 0 spiro atoms. The van der Waals surface area contributed by atoms with Crippen LogP contribution >= 0.6 is 23.4 Å². The molecule has 0 bridgehead atoms. The van der Waals surface area contributed by atoms with Gasteiger partial charge >= 0.3 is 0 Å². The van der Waals surface area contributed by atoms with Crippen LogP contribution in [0.5, 0.6) is 0 Å². The summed E-state index contributed by atoms with van der Waals surface area (Å²) < 4.78 is 6.75. The minimum absolute atomic E-state index is 0.121. The van der Waals surface area contributed by atoms with Crippen LogP contribution < -0.4 is 5.56 Å². The average Bonchev–Trinajstić information content (AvgIpc) is 3.08. The maximum atomic E-state index is 13.3. The highest BCUT2D eigenvalue weighted by Crippen LogP contribution is 2.28. The SMILES string of the molecule is Cc1cc(CSc2nc3ccccc3c(=O)n2-c2cccc(Cl)c2C)no1. The van der Waals surface area contributed by atoms with E-state index >= 15 is 0 Å². The number of rotatable bonds is 4. The summed E-state index contributed by atoms with van der Waals surface area (Å²) in [5.41, 5.74) is 2.90. The highest BCUT2D eigenvalue weighted by Gasteiger charge is 2.16. The number of benzene rings is 2. The standard InChI is InChI=1S/C20H16ClN3O2S/c1-12-10-14(23-26-12)11-27-20-22-17-8-4-3-6-15(17)19(25)24(20)18-9-5-7-16(21)13(18)2/h3-10H,11H2,1-2H3. The zero-order valence-electron chi connectivity index (χ0n) is 14.8. The lowest BCUT2D eigenvalue weighted by Gasteiger charge is -2.15. The van der Waals surface area contributed by atoms with Crippen molar-refractivity contribution < 1.29 is 4.52 Å². The second-order valence-corrected chi connectivity index (χ2v) is 7.50. The van der Waals surface area contributed by atoms with Crippen molar-refractivity contribution in [2.24, 2.45) is 0 Å². The summed E-state index contributed by atoms with van der Waals surface area (Å²) in [5.74, 6) is 1.29. The summed E-state index contributed by atoms with van der Waals surface area (Å²) >= 11 is 7.74. The summed E-state index contributed by atoms with van der Waals surface area (Å²) in [5, 5.41) is 5.78. The highest BCUT2D eigenvalue weighted by molar-refractivity contribution is 7.98. The van der Waals surface area contributed by atoms with Gasteiger partial charge in [-0.1, -0.05) is 46.7 Å². The molecule has 0 N–H and O–H groups in total. The van der Waals surface area contributed by atoms with E-state index in [1.165, 1.54) is 11.8 Å². The molecule has 4 rings (SSSR count). The Bertz CT molecular complexity index is 1200. The van der Waals surface area contributed by atoms with Gasteiger partial charge in [-0.05, 0) is 43.7 Å². The Labute approximate surface area is 165 Å². The van der Waals surface area contributed by atoms with Crippen molar-refractivity contribution in [1.29, 1.82) is 0 Å². The van der Waals surface area contributed by atoms with Crippen molar-refractivity contribution in [1.82, 2.24) is 14.7 Å². The topological polar surface area (TPSA) is 60.9 Å². The normalized spacial score (nSPS) is 11.2. The molecular weight excluding hydrogens is 382 g/mol. The molecule has 0 unspecified atom stereocenters. The minimum atomic E-state index is -0.121. The molecule has 2 aromatic heterocycles. The van der Waals surface area contributed by atoms with Gasteiger partial charge in [-0.3, -0.25) is 9.36 Å². The molecule has 0 fully saturated rings. The Balaban J connectivity index is 1.90. The van der Waals surface area contributed by atoms with Gasteiger partial charge in [0.2, 0.25) is 0 Å². The van der Waals surface area contributed by atoms with E-state index in [-0.39, 0.29) is 5.56 Å².